The Morgan fingerprint density at radius 2 is 1.89 bits per heavy atom. The summed E-state index contributed by atoms with van der Waals surface area (Å²) in [6.45, 7) is 2.43. The van der Waals surface area contributed by atoms with Crippen molar-refractivity contribution in [1.29, 1.82) is 5.26 Å². The zero-order valence-corrected chi connectivity index (χ0v) is 10.6. The molecule has 4 nitrogen and oxygen atoms in total. The molecule has 0 aromatic heterocycles. The summed E-state index contributed by atoms with van der Waals surface area (Å²) in [6.07, 6.45) is 0. The number of para-hydroxylation sites is 1. The third-order valence-electron chi connectivity index (χ3n) is 2.52. The summed E-state index contributed by atoms with van der Waals surface area (Å²) in [5, 5.41) is 8.85. The maximum Gasteiger partial charge on any atom is 0.154 e. The molecular formula is C15H14N2O2. The highest BCUT2D eigenvalue weighted by Gasteiger charge is 2.08. The number of hydrogen-bond acceptors (Lipinski definition) is 4. The lowest BCUT2D eigenvalue weighted by molar-refractivity contribution is 0.340. The lowest BCUT2D eigenvalue weighted by atomic mass is 10.2. The highest BCUT2D eigenvalue weighted by Crippen LogP contribution is 2.34. The minimum atomic E-state index is 0.451. The first kappa shape index (κ1) is 12.8. The number of nitrogens with two attached hydrogens (primary N) is 1. The van der Waals surface area contributed by atoms with E-state index in [0.717, 1.165) is 0 Å². The maximum atomic E-state index is 8.85. The molecule has 2 rings (SSSR count). The van der Waals surface area contributed by atoms with Crippen LogP contribution in [0.1, 0.15) is 12.5 Å². The van der Waals surface area contributed by atoms with Gasteiger partial charge < -0.3 is 15.2 Å². The fraction of sp³-hybridized carbons (Fsp3) is 0.133. The molecule has 0 saturated carbocycles. The van der Waals surface area contributed by atoms with E-state index in [2.05, 4.69) is 6.07 Å². The van der Waals surface area contributed by atoms with Crippen molar-refractivity contribution in [2.45, 2.75) is 6.92 Å². The second kappa shape index (κ2) is 5.78. The number of anilines is 1. The van der Waals surface area contributed by atoms with Gasteiger partial charge in [0.2, 0.25) is 0 Å². The maximum absolute atomic E-state index is 8.85. The molecule has 2 aromatic carbocycles. The first-order chi connectivity index (χ1) is 9.24. The monoisotopic (exact) mass is 254 g/mol. The molecule has 0 aliphatic carbocycles. The summed E-state index contributed by atoms with van der Waals surface area (Å²) < 4.78 is 11.1. The fourth-order valence-electron chi connectivity index (χ4n) is 1.65. The molecule has 0 spiro atoms. The Hall–Kier alpha value is -2.67. The SMILES string of the molecule is CCOc1cccc(Oc2cccc(C#N)c2)c1N. The summed E-state index contributed by atoms with van der Waals surface area (Å²) in [7, 11) is 0. The number of nitrogens with zero attached hydrogens (tertiary/aromatic N) is 1. The van der Waals surface area contributed by atoms with E-state index in [1.807, 2.05) is 13.0 Å². The average molecular weight is 254 g/mol. The molecular weight excluding hydrogens is 240 g/mol. The number of hydrogen-bond donors (Lipinski definition) is 1. The Labute approximate surface area is 112 Å². The van der Waals surface area contributed by atoms with Gasteiger partial charge in [0.05, 0.1) is 18.2 Å². The summed E-state index contributed by atoms with van der Waals surface area (Å²) >= 11 is 0. The van der Waals surface area contributed by atoms with Crippen LogP contribution in [0, 0.1) is 11.3 Å². The van der Waals surface area contributed by atoms with Gasteiger partial charge in [-0.25, -0.2) is 0 Å². The molecule has 0 aliphatic heterocycles. The molecule has 0 heterocycles. The topological polar surface area (TPSA) is 68.3 Å². The van der Waals surface area contributed by atoms with Crippen molar-refractivity contribution < 1.29 is 9.47 Å². The molecule has 0 fully saturated rings. The van der Waals surface area contributed by atoms with E-state index >= 15 is 0 Å². The lowest BCUT2D eigenvalue weighted by Crippen LogP contribution is -1.99. The van der Waals surface area contributed by atoms with Gasteiger partial charge in [0.25, 0.3) is 0 Å². The van der Waals surface area contributed by atoms with Crippen LogP contribution in [0.4, 0.5) is 5.69 Å². The van der Waals surface area contributed by atoms with Crippen molar-refractivity contribution in [2.75, 3.05) is 12.3 Å². The Kier molecular flexibility index (Phi) is 3.89. The van der Waals surface area contributed by atoms with Crippen LogP contribution >= 0.6 is 0 Å². The zero-order valence-electron chi connectivity index (χ0n) is 10.6. The third kappa shape index (κ3) is 2.96. The second-order valence-corrected chi connectivity index (χ2v) is 3.84. The minimum absolute atomic E-state index is 0.451. The van der Waals surface area contributed by atoms with E-state index in [9.17, 15) is 0 Å². The van der Waals surface area contributed by atoms with E-state index in [1.54, 1.807) is 36.4 Å². The molecule has 2 N–H and O–H groups in total. The lowest BCUT2D eigenvalue weighted by Gasteiger charge is -2.12. The smallest absolute Gasteiger partial charge is 0.154 e. The van der Waals surface area contributed by atoms with Gasteiger partial charge in [0.1, 0.15) is 17.2 Å². The van der Waals surface area contributed by atoms with Crippen LogP contribution in [0.15, 0.2) is 42.5 Å². The molecule has 0 amide bonds. The summed E-state index contributed by atoms with van der Waals surface area (Å²) in [5.74, 6) is 1.68. The van der Waals surface area contributed by atoms with Crippen LogP contribution in [0.25, 0.3) is 0 Å². The number of ether oxygens (including phenoxy) is 2. The largest absolute Gasteiger partial charge is 0.492 e. The first-order valence-electron chi connectivity index (χ1n) is 5.94. The fourth-order valence-corrected chi connectivity index (χ4v) is 1.65. The Balaban J connectivity index is 2.28. The molecule has 0 radical (unpaired) electrons. The van der Waals surface area contributed by atoms with Crippen LogP contribution in [0.2, 0.25) is 0 Å². The van der Waals surface area contributed by atoms with Gasteiger partial charge in [-0.2, -0.15) is 5.26 Å². The van der Waals surface area contributed by atoms with Gasteiger partial charge in [-0.05, 0) is 37.3 Å². The molecule has 2 aromatic rings. The molecule has 0 unspecified atom stereocenters. The molecule has 0 bridgehead atoms. The molecule has 19 heavy (non-hydrogen) atoms. The standard InChI is InChI=1S/C15H14N2O2/c1-2-18-13-7-4-8-14(15(13)17)19-12-6-3-5-11(9-12)10-16/h3-9H,2,17H2,1H3. The summed E-state index contributed by atoms with van der Waals surface area (Å²) in [4.78, 5) is 0. The van der Waals surface area contributed by atoms with Crippen molar-refractivity contribution in [2.24, 2.45) is 0 Å². The average Bonchev–Trinajstić information content (AvgIpc) is 2.44. The second-order valence-electron chi connectivity index (χ2n) is 3.84. The molecule has 4 heteroatoms. The van der Waals surface area contributed by atoms with Gasteiger partial charge in [0.15, 0.2) is 5.75 Å². The van der Waals surface area contributed by atoms with Crippen LogP contribution in [-0.4, -0.2) is 6.61 Å². The predicted molar refractivity (Wildman–Crippen MR) is 73.3 cm³/mol. The zero-order chi connectivity index (χ0) is 13.7. The number of nitriles is 1. The van der Waals surface area contributed by atoms with Gasteiger partial charge >= 0.3 is 0 Å². The minimum Gasteiger partial charge on any atom is -0.492 e. The van der Waals surface area contributed by atoms with Gasteiger partial charge in [-0.15, -0.1) is 0 Å². The normalized spacial score (nSPS) is 9.68. The summed E-state index contributed by atoms with van der Waals surface area (Å²) in [6, 6.07) is 14.3. The molecule has 0 atom stereocenters. The van der Waals surface area contributed by atoms with Crippen LogP contribution in [0.5, 0.6) is 17.2 Å². The van der Waals surface area contributed by atoms with Crippen LogP contribution < -0.4 is 15.2 Å². The molecule has 0 aliphatic rings. The van der Waals surface area contributed by atoms with E-state index in [4.69, 9.17) is 20.5 Å². The molecule has 0 saturated heterocycles. The Morgan fingerprint density at radius 3 is 2.63 bits per heavy atom. The van der Waals surface area contributed by atoms with Crippen LogP contribution in [-0.2, 0) is 0 Å². The Morgan fingerprint density at radius 1 is 1.16 bits per heavy atom. The number of nitrogen functional groups attached to an aromatic ring is 1. The highest BCUT2D eigenvalue weighted by molar-refractivity contribution is 5.63. The quantitative estimate of drug-likeness (QED) is 0.850. The highest BCUT2D eigenvalue weighted by atomic mass is 16.5. The van der Waals surface area contributed by atoms with E-state index < -0.39 is 0 Å². The van der Waals surface area contributed by atoms with Gasteiger partial charge in [-0.3, -0.25) is 0 Å². The van der Waals surface area contributed by atoms with E-state index in [0.29, 0.717) is 35.1 Å². The van der Waals surface area contributed by atoms with Crippen molar-refractivity contribution in [3.8, 4) is 23.3 Å². The Bertz CT molecular complexity index is 618. The van der Waals surface area contributed by atoms with Crippen molar-refractivity contribution in [1.82, 2.24) is 0 Å². The van der Waals surface area contributed by atoms with Gasteiger partial charge in [-0.1, -0.05) is 12.1 Å². The molecule has 96 valence electrons. The van der Waals surface area contributed by atoms with Gasteiger partial charge in [0, 0.05) is 0 Å². The number of rotatable bonds is 4. The predicted octanol–water partition coefficient (Wildman–Crippen LogP) is 3.33. The van der Waals surface area contributed by atoms with E-state index in [1.165, 1.54) is 0 Å². The van der Waals surface area contributed by atoms with Crippen molar-refractivity contribution in [3.05, 3.63) is 48.0 Å². The summed E-state index contributed by atoms with van der Waals surface area (Å²) in [5.41, 5.74) is 6.96. The van der Waals surface area contributed by atoms with E-state index in [-0.39, 0.29) is 0 Å². The van der Waals surface area contributed by atoms with Crippen LogP contribution in [0.3, 0.4) is 0 Å². The van der Waals surface area contributed by atoms with Crippen molar-refractivity contribution in [3.63, 3.8) is 0 Å². The third-order valence-corrected chi connectivity index (χ3v) is 2.52. The first-order valence-corrected chi connectivity index (χ1v) is 5.94. The van der Waals surface area contributed by atoms with Crippen molar-refractivity contribution >= 4 is 5.69 Å². The number of benzene rings is 2.